The van der Waals surface area contributed by atoms with Crippen LogP contribution in [0.3, 0.4) is 0 Å². The average molecular weight is 539 g/mol. The number of amides is 2. The highest BCUT2D eigenvalue weighted by Crippen LogP contribution is 2.28. The third-order valence-corrected chi connectivity index (χ3v) is 7.16. The second-order valence-corrected chi connectivity index (χ2v) is 11.0. The van der Waals surface area contributed by atoms with Gasteiger partial charge in [0.15, 0.2) is 0 Å². The summed E-state index contributed by atoms with van der Waals surface area (Å²) in [7, 11) is -4.01. The second kappa shape index (κ2) is 12.2. The Morgan fingerprint density at radius 1 is 1.14 bits per heavy atom. The van der Waals surface area contributed by atoms with E-state index >= 15 is 0 Å². The van der Waals surface area contributed by atoms with Crippen LogP contribution in [0, 0.1) is 17.0 Å². The molecule has 2 atom stereocenters. The number of non-ortho nitro benzene ring substituents is 1. The van der Waals surface area contributed by atoms with Gasteiger partial charge in [-0.2, -0.15) is 0 Å². The van der Waals surface area contributed by atoms with Gasteiger partial charge in [-0.15, -0.1) is 0 Å². The monoisotopic (exact) mass is 538 g/mol. The molecule has 2 rings (SSSR count). The Balaban J connectivity index is 2.47. The molecule has 2 aromatic carbocycles. The van der Waals surface area contributed by atoms with E-state index in [2.05, 4.69) is 5.32 Å². The number of carbonyl (C=O) groups is 2. The number of hydrogen-bond donors (Lipinski definition) is 1. The minimum Gasteiger partial charge on any atom is -0.352 e. The Morgan fingerprint density at radius 2 is 1.75 bits per heavy atom. The maximum Gasteiger partial charge on any atom is 0.271 e. The highest BCUT2D eigenvalue weighted by Gasteiger charge is 2.31. The molecule has 2 amide bonds. The number of sulfonamides is 1. The lowest BCUT2D eigenvalue weighted by Crippen LogP contribution is -2.52. The van der Waals surface area contributed by atoms with Gasteiger partial charge in [-0.25, -0.2) is 8.42 Å². The normalized spacial score (nSPS) is 12.9. The molecular formula is C24H31ClN4O6S. The standard InChI is InChI=1S/C24H31ClN4O6S/c1-6-17(3)26-24(31)18(4)27(14-19-8-10-20(25)11-9-19)23(30)15-28(36(5,34)35)22-13-21(29(32)33)12-7-16(22)2/h7-13,17-18H,6,14-15H2,1-5H3,(H,26,31)/t17-,18-/m0/s1. The first-order valence-corrected chi connectivity index (χ1v) is 13.5. The number of anilines is 1. The fourth-order valence-electron chi connectivity index (χ4n) is 3.41. The lowest BCUT2D eigenvalue weighted by atomic mass is 10.1. The van der Waals surface area contributed by atoms with E-state index in [4.69, 9.17) is 11.6 Å². The molecule has 0 unspecified atom stereocenters. The van der Waals surface area contributed by atoms with E-state index in [9.17, 15) is 28.1 Å². The molecule has 0 fully saturated rings. The van der Waals surface area contributed by atoms with Crippen LogP contribution < -0.4 is 9.62 Å². The number of nitrogens with zero attached hydrogens (tertiary/aromatic N) is 3. The van der Waals surface area contributed by atoms with Crippen molar-refractivity contribution in [3.8, 4) is 0 Å². The average Bonchev–Trinajstić information content (AvgIpc) is 2.81. The molecule has 196 valence electrons. The third kappa shape index (κ3) is 7.66. The summed E-state index contributed by atoms with van der Waals surface area (Å²) in [6.07, 6.45) is 1.61. The first-order valence-electron chi connectivity index (χ1n) is 11.3. The van der Waals surface area contributed by atoms with Crippen LogP contribution >= 0.6 is 11.6 Å². The van der Waals surface area contributed by atoms with Crippen LogP contribution in [-0.4, -0.2) is 54.9 Å². The molecule has 0 aliphatic carbocycles. The molecule has 0 aliphatic rings. The Bertz CT molecular complexity index is 1220. The highest BCUT2D eigenvalue weighted by atomic mass is 35.5. The number of carbonyl (C=O) groups excluding carboxylic acids is 2. The van der Waals surface area contributed by atoms with Gasteiger partial charge in [-0.1, -0.05) is 36.7 Å². The van der Waals surface area contributed by atoms with E-state index in [1.165, 1.54) is 17.0 Å². The van der Waals surface area contributed by atoms with E-state index in [0.29, 0.717) is 22.6 Å². The van der Waals surface area contributed by atoms with Gasteiger partial charge < -0.3 is 10.2 Å². The first kappa shape index (κ1) is 29.1. The lowest BCUT2D eigenvalue weighted by Gasteiger charge is -2.32. The number of aryl methyl sites for hydroxylation is 1. The molecule has 0 bridgehead atoms. The van der Waals surface area contributed by atoms with Gasteiger partial charge in [0.25, 0.3) is 5.69 Å². The summed E-state index contributed by atoms with van der Waals surface area (Å²) in [5.74, 6) is -1.03. The lowest BCUT2D eigenvalue weighted by molar-refractivity contribution is -0.384. The van der Waals surface area contributed by atoms with Gasteiger partial charge in [0.2, 0.25) is 21.8 Å². The Morgan fingerprint density at radius 3 is 2.28 bits per heavy atom. The van der Waals surface area contributed by atoms with Crippen molar-refractivity contribution in [1.82, 2.24) is 10.2 Å². The van der Waals surface area contributed by atoms with Gasteiger partial charge in [0, 0.05) is 29.7 Å². The first-order chi connectivity index (χ1) is 16.7. The molecule has 0 spiro atoms. The zero-order valence-electron chi connectivity index (χ0n) is 20.9. The second-order valence-electron chi connectivity index (χ2n) is 8.64. The van der Waals surface area contributed by atoms with Gasteiger partial charge in [0.1, 0.15) is 12.6 Å². The van der Waals surface area contributed by atoms with Gasteiger partial charge in [-0.3, -0.25) is 24.0 Å². The zero-order chi connectivity index (χ0) is 27.2. The van der Waals surface area contributed by atoms with Gasteiger partial charge in [0.05, 0.1) is 16.9 Å². The summed E-state index contributed by atoms with van der Waals surface area (Å²) in [5, 5.41) is 14.6. The number of hydrogen-bond acceptors (Lipinski definition) is 6. The molecular weight excluding hydrogens is 508 g/mol. The molecule has 0 aliphatic heterocycles. The van der Waals surface area contributed by atoms with Crippen molar-refractivity contribution in [3.63, 3.8) is 0 Å². The van der Waals surface area contributed by atoms with Gasteiger partial charge >= 0.3 is 0 Å². The van der Waals surface area contributed by atoms with Crippen molar-refractivity contribution < 1.29 is 22.9 Å². The van der Waals surface area contributed by atoms with Crippen molar-refractivity contribution in [2.75, 3.05) is 17.1 Å². The fraction of sp³-hybridized carbons (Fsp3) is 0.417. The van der Waals surface area contributed by atoms with Crippen molar-refractivity contribution in [1.29, 1.82) is 0 Å². The molecule has 1 N–H and O–H groups in total. The van der Waals surface area contributed by atoms with Crippen molar-refractivity contribution in [2.45, 2.75) is 52.7 Å². The van der Waals surface area contributed by atoms with E-state index in [-0.39, 0.29) is 29.9 Å². The summed E-state index contributed by atoms with van der Waals surface area (Å²) in [4.78, 5) is 38.4. The molecule has 0 saturated carbocycles. The van der Waals surface area contributed by atoms with Crippen molar-refractivity contribution in [2.24, 2.45) is 0 Å². The molecule has 0 saturated heterocycles. The maximum absolute atomic E-state index is 13.6. The Kier molecular flexibility index (Phi) is 9.83. The molecule has 10 nitrogen and oxygen atoms in total. The number of nitro benzene ring substituents is 1. The van der Waals surface area contributed by atoms with E-state index in [1.807, 2.05) is 13.8 Å². The van der Waals surface area contributed by atoms with Crippen LogP contribution in [0.1, 0.15) is 38.3 Å². The molecule has 0 radical (unpaired) electrons. The van der Waals surface area contributed by atoms with Crippen LogP contribution in [0.25, 0.3) is 0 Å². The summed E-state index contributed by atoms with van der Waals surface area (Å²) < 4.78 is 26.2. The van der Waals surface area contributed by atoms with Crippen LogP contribution in [-0.2, 0) is 26.2 Å². The quantitative estimate of drug-likeness (QED) is 0.343. The Labute approximate surface area is 216 Å². The number of nitrogens with one attached hydrogen (secondary N) is 1. The van der Waals surface area contributed by atoms with Crippen molar-refractivity contribution >= 4 is 44.8 Å². The minimum absolute atomic E-state index is 0.0169. The van der Waals surface area contributed by atoms with Crippen molar-refractivity contribution in [3.05, 3.63) is 68.7 Å². The Hall–Kier alpha value is -3.18. The fourth-order valence-corrected chi connectivity index (χ4v) is 4.43. The third-order valence-electron chi connectivity index (χ3n) is 5.79. The summed E-state index contributed by atoms with van der Waals surface area (Å²) in [5.41, 5.74) is 0.832. The topological polar surface area (TPSA) is 130 Å². The van der Waals surface area contributed by atoms with Gasteiger partial charge in [-0.05, 0) is 50.5 Å². The molecule has 2 aromatic rings. The van der Waals surface area contributed by atoms with Crippen LogP contribution in [0.15, 0.2) is 42.5 Å². The van der Waals surface area contributed by atoms with Crippen LogP contribution in [0.4, 0.5) is 11.4 Å². The summed E-state index contributed by atoms with van der Waals surface area (Å²) in [6, 6.07) is 9.48. The smallest absolute Gasteiger partial charge is 0.271 e. The predicted molar refractivity (Wildman–Crippen MR) is 139 cm³/mol. The van der Waals surface area contributed by atoms with E-state index in [0.717, 1.165) is 16.6 Å². The number of halogens is 1. The largest absolute Gasteiger partial charge is 0.352 e. The minimum atomic E-state index is -4.01. The SMILES string of the molecule is CC[C@H](C)NC(=O)[C@H](C)N(Cc1ccc(Cl)cc1)C(=O)CN(c1cc([N+](=O)[O-])ccc1C)S(C)(=O)=O. The summed E-state index contributed by atoms with van der Waals surface area (Å²) >= 11 is 5.97. The van der Waals surface area contributed by atoms with E-state index < -0.39 is 33.4 Å². The molecule has 0 aromatic heterocycles. The molecule has 36 heavy (non-hydrogen) atoms. The molecule has 12 heteroatoms. The number of rotatable bonds is 11. The zero-order valence-corrected chi connectivity index (χ0v) is 22.5. The van der Waals surface area contributed by atoms with Crippen LogP contribution in [0.5, 0.6) is 0 Å². The molecule has 0 heterocycles. The maximum atomic E-state index is 13.6. The van der Waals surface area contributed by atoms with Crippen LogP contribution in [0.2, 0.25) is 5.02 Å². The number of benzene rings is 2. The predicted octanol–water partition coefficient (Wildman–Crippen LogP) is 3.65. The number of nitro groups is 1. The van der Waals surface area contributed by atoms with E-state index in [1.54, 1.807) is 38.1 Å². The summed E-state index contributed by atoms with van der Waals surface area (Å²) in [6.45, 7) is 6.29. The highest BCUT2D eigenvalue weighted by molar-refractivity contribution is 7.92.